The summed E-state index contributed by atoms with van der Waals surface area (Å²) >= 11 is 0. The summed E-state index contributed by atoms with van der Waals surface area (Å²) in [7, 11) is 0. The zero-order chi connectivity index (χ0) is 27.8. The number of allylic oxidation sites excluding steroid dienone is 3. The van der Waals surface area contributed by atoms with Gasteiger partial charge in [-0.2, -0.15) is 13.2 Å². The Hall–Kier alpha value is -1.63. The number of fused-ring (bicyclic) bond motifs is 1. The van der Waals surface area contributed by atoms with Crippen molar-refractivity contribution in [1.29, 1.82) is 0 Å². The average Bonchev–Trinajstić information content (AvgIpc) is 3.14. The topological polar surface area (TPSA) is 46.5 Å². The number of esters is 1. The van der Waals surface area contributed by atoms with Crippen molar-refractivity contribution in [2.24, 2.45) is 29.1 Å². The van der Waals surface area contributed by atoms with E-state index >= 15 is 0 Å². The minimum absolute atomic E-state index is 0.0253. The molecule has 37 heavy (non-hydrogen) atoms. The number of carbonyl (C=O) groups excluding carboxylic acids is 1. The minimum atomic E-state index is -4.99. The maximum atomic E-state index is 14.4. The van der Waals surface area contributed by atoms with Crippen LogP contribution in [0.1, 0.15) is 92.4 Å². The van der Waals surface area contributed by atoms with Gasteiger partial charge in [0.25, 0.3) is 0 Å². The first-order valence-electron chi connectivity index (χ1n) is 13.8. The van der Waals surface area contributed by atoms with E-state index in [1.165, 1.54) is 12.5 Å². The Morgan fingerprint density at radius 1 is 1.27 bits per heavy atom. The third kappa shape index (κ3) is 6.34. The second kappa shape index (κ2) is 11.2. The molecule has 0 aromatic heterocycles. The predicted octanol–water partition coefficient (Wildman–Crippen LogP) is 8.04. The molecule has 3 aliphatic carbocycles. The Labute approximate surface area is 219 Å². The van der Waals surface area contributed by atoms with Crippen LogP contribution in [0.2, 0.25) is 0 Å². The third-order valence-corrected chi connectivity index (χ3v) is 9.58. The van der Waals surface area contributed by atoms with Crippen molar-refractivity contribution in [2.45, 2.75) is 116 Å². The van der Waals surface area contributed by atoms with Crippen molar-refractivity contribution in [3.63, 3.8) is 0 Å². The number of halogens is 4. The van der Waals surface area contributed by atoms with Gasteiger partial charge in [0.2, 0.25) is 0 Å². The lowest BCUT2D eigenvalue weighted by molar-refractivity contribution is -0.273. The maximum absolute atomic E-state index is 14.4. The minimum Gasteiger partial charge on any atom is -0.458 e. The molecule has 0 bridgehead atoms. The Balaban J connectivity index is 1.71. The van der Waals surface area contributed by atoms with Crippen molar-refractivity contribution in [2.75, 3.05) is 0 Å². The summed E-state index contributed by atoms with van der Waals surface area (Å²) in [5, 5.41) is 9.69. The third-order valence-electron chi connectivity index (χ3n) is 9.58. The van der Waals surface area contributed by atoms with Gasteiger partial charge < -0.3 is 9.84 Å². The molecular weight excluding hydrogens is 484 g/mol. The quantitative estimate of drug-likeness (QED) is 0.269. The van der Waals surface area contributed by atoms with Crippen molar-refractivity contribution in [1.82, 2.24) is 0 Å². The second-order valence-electron chi connectivity index (χ2n) is 12.4. The van der Waals surface area contributed by atoms with Gasteiger partial charge in [0.1, 0.15) is 12.3 Å². The lowest BCUT2D eigenvalue weighted by atomic mass is 9.60. The van der Waals surface area contributed by atoms with Crippen LogP contribution in [0.4, 0.5) is 17.6 Å². The number of rotatable bonds is 7. The Morgan fingerprint density at radius 2 is 1.95 bits per heavy atom. The first-order chi connectivity index (χ1) is 17.1. The van der Waals surface area contributed by atoms with Crippen LogP contribution in [0.15, 0.2) is 35.5 Å². The van der Waals surface area contributed by atoms with Crippen LogP contribution >= 0.6 is 0 Å². The molecule has 0 spiro atoms. The van der Waals surface area contributed by atoms with Gasteiger partial charge in [-0.25, -0.2) is 4.39 Å². The zero-order valence-electron chi connectivity index (χ0n) is 23.0. The van der Waals surface area contributed by atoms with Crippen LogP contribution in [0.5, 0.6) is 0 Å². The van der Waals surface area contributed by atoms with Gasteiger partial charge in [0.05, 0.1) is 0 Å². The van der Waals surface area contributed by atoms with Gasteiger partial charge in [-0.05, 0) is 105 Å². The van der Waals surface area contributed by atoms with E-state index in [-0.39, 0.29) is 29.8 Å². The second-order valence-corrected chi connectivity index (χ2v) is 12.4. The monoisotopic (exact) mass is 528 g/mol. The molecule has 5 unspecified atom stereocenters. The maximum Gasteiger partial charge on any atom is 0.419 e. The van der Waals surface area contributed by atoms with Crippen LogP contribution in [0.25, 0.3) is 0 Å². The number of hydrogen-bond acceptors (Lipinski definition) is 3. The molecular formula is C30H44F4O3. The highest BCUT2D eigenvalue weighted by molar-refractivity contribution is 5.66. The van der Waals surface area contributed by atoms with E-state index < -0.39 is 17.9 Å². The number of alkyl halides is 4. The van der Waals surface area contributed by atoms with E-state index in [2.05, 4.69) is 32.6 Å². The molecule has 0 aromatic rings. The molecule has 3 nitrogen and oxygen atoms in total. The SMILES string of the molecule is C=C1/C(=C\C=C2/CCCC3(C)C2CCC3C(C)CC[C@@H](F)C(C)(O)C(F)(F)F)C[C@@H](C)C[C@@H]1OC(C)=O. The number of hydrogen-bond donors (Lipinski definition) is 1. The highest BCUT2D eigenvalue weighted by atomic mass is 19.4. The van der Waals surface area contributed by atoms with Crippen molar-refractivity contribution in [3.8, 4) is 0 Å². The summed E-state index contributed by atoms with van der Waals surface area (Å²) in [6.45, 7) is 12.6. The molecule has 0 aliphatic heterocycles. The summed E-state index contributed by atoms with van der Waals surface area (Å²) in [5.41, 5.74) is 0.0975. The van der Waals surface area contributed by atoms with E-state index in [4.69, 9.17) is 4.74 Å². The van der Waals surface area contributed by atoms with Crippen molar-refractivity contribution < 1.29 is 32.2 Å². The molecule has 0 radical (unpaired) electrons. The normalized spacial score (nSPS) is 36.2. The Morgan fingerprint density at radius 3 is 2.57 bits per heavy atom. The van der Waals surface area contributed by atoms with Crippen molar-refractivity contribution >= 4 is 5.97 Å². The van der Waals surface area contributed by atoms with Gasteiger partial charge in [0, 0.05) is 6.92 Å². The molecule has 0 saturated heterocycles. The fourth-order valence-corrected chi connectivity index (χ4v) is 7.29. The lowest BCUT2D eigenvalue weighted by Crippen LogP contribution is -2.50. The fourth-order valence-electron chi connectivity index (χ4n) is 7.29. The van der Waals surface area contributed by atoms with Gasteiger partial charge in [-0.1, -0.05) is 45.1 Å². The van der Waals surface area contributed by atoms with Gasteiger partial charge >= 0.3 is 12.1 Å². The fraction of sp³-hybridized carbons (Fsp3) is 0.767. The van der Waals surface area contributed by atoms with Crippen molar-refractivity contribution in [3.05, 3.63) is 35.5 Å². The molecule has 3 rings (SSSR count). The van der Waals surface area contributed by atoms with Crippen LogP contribution in [0, 0.1) is 29.1 Å². The molecule has 8 atom stereocenters. The lowest BCUT2D eigenvalue weighted by Gasteiger charge is -2.44. The molecule has 0 heterocycles. The highest BCUT2D eigenvalue weighted by Gasteiger charge is 2.56. The molecule has 0 aromatic carbocycles. The molecule has 210 valence electrons. The summed E-state index contributed by atoms with van der Waals surface area (Å²) in [6.07, 6.45) is 3.59. The standard InChI is InChI=1S/C30H44F4O3/c1-18-16-23(20(3)26(17-18)37-21(4)35)11-10-22-8-7-15-28(5)24(12-13-25(22)28)19(2)9-14-27(31)29(6,36)30(32,33)34/h10-11,18-19,24-27,36H,3,7-9,12-17H2,1-2,4-6H3/b22-10+,23-11-/t18-,19?,24?,25?,26+,27-,28?,29?/m1/s1. The highest BCUT2D eigenvalue weighted by Crippen LogP contribution is 2.60. The van der Waals surface area contributed by atoms with E-state index in [1.54, 1.807) is 0 Å². The predicted molar refractivity (Wildman–Crippen MR) is 137 cm³/mol. The molecule has 7 heteroatoms. The Bertz CT molecular complexity index is 918. The van der Waals surface area contributed by atoms with E-state index in [1.807, 2.05) is 6.92 Å². The molecule has 3 saturated carbocycles. The molecule has 0 amide bonds. The first kappa shape index (κ1) is 29.9. The smallest absolute Gasteiger partial charge is 0.419 e. The summed E-state index contributed by atoms with van der Waals surface area (Å²) in [6, 6.07) is 0. The molecule has 3 aliphatic rings. The number of carbonyl (C=O) groups is 1. The summed E-state index contributed by atoms with van der Waals surface area (Å²) < 4.78 is 59.0. The van der Waals surface area contributed by atoms with E-state index in [9.17, 15) is 27.5 Å². The Kier molecular flexibility index (Phi) is 9.08. The van der Waals surface area contributed by atoms with E-state index in [0.29, 0.717) is 31.1 Å². The first-order valence-corrected chi connectivity index (χ1v) is 13.8. The van der Waals surface area contributed by atoms with Crippen LogP contribution in [0.3, 0.4) is 0 Å². The average molecular weight is 529 g/mol. The van der Waals surface area contributed by atoms with Crippen LogP contribution < -0.4 is 0 Å². The largest absolute Gasteiger partial charge is 0.458 e. The van der Waals surface area contributed by atoms with Gasteiger partial charge in [0.15, 0.2) is 5.60 Å². The van der Waals surface area contributed by atoms with E-state index in [0.717, 1.165) is 56.1 Å². The summed E-state index contributed by atoms with van der Waals surface area (Å²) in [5.74, 6) is 0.857. The zero-order valence-corrected chi connectivity index (χ0v) is 23.0. The van der Waals surface area contributed by atoms with Gasteiger partial charge in [-0.3, -0.25) is 4.79 Å². The van der Waals surface area contributed by atoms with Crippen LogP contribution in [-0.4, -0.2) is 35.1 Å². The van der Waals surface area contributed by atoms with Gasteiger partial charge in [-0.15, -0.1) is 0 Å². The molecule has 3 fully saturated rings. The number of aliphatic hydroxyl groups is 1. The molecule has 1 N–H and O–H groups in total. The number of ether oxygens (including phenoxy) is 1. The summed E-state index contributed by atoms with van der Waals surface area (Å²) in [4.78, 5) is 11.5. The van der Waals surface area contributed by atoms with Crippen LogP contribution in [-0.2, 0) is 9.53 Å².